The van der Waals surface area contributed by atoms with E-state index >= 15 is 0 Å². The van der Waals surface area contributed by atoms with Crippen LogP contribution >= 0.6 is 0 Å². The van der Waals surface area contributed by atoms with Gasteiger partial charge in [-0.2, -0.15) is 0 Å². The molecular formula is C31H62N2. The largest absolute Gasteiger partial charge is 0.356 e. The first-order valence-corrected chi connectivity index (χ1v) is 15.5. The smallest absolute Gasteiger partial charge is 0.101 e. The lowest BCUT2D eigenvalue weighted by atomic mass is 10.0. The Morgan fingerprint density at radius 3 is 1.18 bits per heavy atom. The van der Waals surface area contributed by atoms with E-state index in [0.717, 1.165) is 0 Å². The number of hydrogen-bond acceptors (Lipinski definition) is 2. The van der Waals surface area contributed by atoms with E-state index in [2.05, 4.69) is 43.0 Å². The molecule has 0 aliphatic carbocycles. The molecule has 0 aromatic carbocycles. The minimum atomic E-state index is 0.642. The Kier molecular flexibility index (Phi) is 21.3. The van der Waals surface area contributed by atoms with Gasteiger partial charge in [0.2, 0.25) is 0 Å². The molecule has 1 rings (SSSR count). The Hall–Kier alpha value is -0.660. The van der Waals surface area contributed by atoms with E-state index in [1.807, 2.05) is 0 Å². The van der Waals surface area contributed by atoms with Gasteiger partial charge in [0.15, 0.2) is 0 Å². The summed E-state index contributed by atoms with van der Waals surface area (Å²) in [4.78, 5) is 5.26. The fourth-order valence-corrected chi connectivity index (χ4v) is 5.37. The van der Waals surface area contributed by atoms with Crippen LogP contribution in [0.4, 0.5) is 0 Å². The molecule has 0 saturated heterocycles. The summed E-state index contributed by atoms with van der Waals surface area (Å²) >= 11 is 0. The fourth-order valence-electron chi connectivity index (χ4n) is 5.37. The third-order valence-corrected chi connectivity index (χ3v) is 7.53. The molecule has 2 heteroatoms. The predicted octanol–water partition coefficient (Wildman–Crippen LogP) is 10.4. The lowest BCUT2D eigenvalue weighted by Crippen LogP contribution is -2.39. The van der Waals surface area contributed by atoms with Gasteiger partial charge in [-0.1, -0.05) is 143 Å². The van der Waals surface area contributed by atoms with E-state index in [-0.39, 0.29) is 0 Å². The maximum Gasteiger partial charge on any atom is 0.101 e. The lowest BCUT2D eigenvalue weighted by molar-refractivity contribution is 0.137. The summed E-state index contributed by atoms with van der Waals surface area (Å²) in [5.74, 6) is 0. The number of unbranched alkanes of at least 4 members (excludes halogenated alkanes) is 19. The van der Waals surface area contributed by atoms with Gasteiger partial charge in [0, 0.05) is 25.5 Å². The monoisotopic (exact) mass is 462 g/mol. The van der Waals surface area contributed by atoms with Crippen LogP contribution in [-0.2, 0) is 0 Å². The highest BCUT2D eigenvalue weighted by atomic mass is 15.4. The first-order chi connectivity index (χ1) is 16.3. The van der Waals surface area contributed by atoms with Crippen molar-refractivity contribution < 1.29 is 0 Å². The molecule has 0 aromatic rings. The van der Waals surface area contributed by atoms with Gasteiger partial charge < -0.3 is 9.80 Å². The van der Waals surface area contributed by atoms with Gasteiger partial charge in [-0.25, -0.2) is 0 Å². The standard InChI is InChI=1S/C31H62N2/c1-4-7-9-11-12-13-14-15-16-17-18-19-20-21-23-25-28-33-30-29-32(27-6-3)31(33)26-24-22-10-8-5-2/h29-31H,4-28H2,1-3H3. The van der Waals surface area contributed by atoms with Gasteiger partial charge in [0.1, 0.15) is 6.17 Å². The van der Waals surface area contributed by atoms with Crippen molar-refractivity contribution in [1.82, 2.24) is 9.80 Å². The number of rotatable bonds is 25. The molecule has 1 atom stereocenters. The quantitative estimate of drug-likeness (QED) is 0.124. The Morgan fingerprint density at radius 2 is 0.758 bits per heavy atom. The Morgan fingerprint density at radius 1 is 0.394 bits per heavy atom. The zero-order chi connectivity index (χ0) is 23.8. The molecule has 0 aromatic heterocycles. The Bertz CT molecular complexity index is 419. The Labute approximate surface area is 210 Å². The molecule has 196 valence electrons. The van der Waals surface area contributed by atoms with Gasteiger partial charge in [-0.3, -0.25) is 0 Å². The van der Waals surface area contributed by atoms with E-state index in [4.69, 9.17) is 0 Å². The summed E-state index contributed by atoms with van der Waals surface area (Å²) in [6.07, 6.45) is 38.2. The number of nitrogens with zero attached hydrogens (tertiary/aromatic N) is 2. The third-order valence-electron chi connectivity index (χ3n) is 7.53. The molecule has 0 bridgehead atoms. The van der Waals surface area contributed by atoms with Crippen LogP contribution in [0.15, 0.2) is 12.4 Å². The summed E-state index contributed by atoms with van der Waals surface area (Å²) in [7, 11) is 0. The minimum Gasteiger partial charge on any atom is -0.356 e. The summed E-state index contributed by atoms with van der Waals surface area (Å²) in [5.41, 5.74) is 0. The highest BCUT2D eigenvalue weighted by molar-refractivity contribution is 4.96. The van der Waals surface area contributed by atoms with Crippen molar-refractivity contribution in [1.29, 1.82) is 0 Å². The molecule has 33 heavy (non-hydrogen) atoms. The van der Waals surface area contributed by atoms with Crippen LogP contribution in [0.25, 0.3) is 0 Å². The highest BCUT2D eigenvalue weighted by Gasteiger charge is 2.24. The Balaban J connectivity index is 1.96. The van der Waals surface area contributed by atoms with Crippen LogP contribution in [-0.4, -0.2) is 29.1 Å². The molecule has 1 aliphatic heterocycles. The van der Waals surface area contributed by atoms with Crippen molar-refractivity contribution in [3.63, 3.8) is 0 Å². The van der Waals surface area contributed by atoms with Crippen molar-refractivity contribution >= 4 is 0 Å². The van der Waals surface area contributed by atoms with Gasteiger partial charge in [0.25, 0.3) is 0 Å². The van der Waals surface area contributed by atoms with E-state index in [1.165, 1.54) is 161 Å². The second-order valence-electron chi connectivity index (χ2n) is 10.8. The molecule has 0 radical (unpaired) electrons. The predicted molar refractivity (Wildman–Crippen MR) is 150 cm³/mol. The molecule has 0 amide bonds. The molecule has 1 aliphatic rings. The number of hydrogen-bond donors (Lipinski definition) is 0. The van der Waals surface area contributed by atoms with Gasteiger partial charge >= 0.3 is 0 Å². The zero-order valence-corrected chi connectivity index (χ0v) is 23.3. The first-order valence-electron chi connectivity index (χ1n) is 15.5. The zero-order valence-electron chi connectivity index (χ0n) is 23.3. The van der Waals surface area contributed by atoms with Crippen LogP contribution in [0.5, 0.6) is 0 Å². The normalized spacial score (nSPS) is 15.8. The fraction of sp³-hybridized carbons (Fsp3) is 0.935. The molecule has 0 saturated carbocycles. The average molecular weight is 463 g/mol. The third kappa shape index (κ3) is 16.6. The van der Waals surface area contributed by atoms with E-state index in [0.29, 0.717) is 6.17 Å². The van der Waals surface area contributed by atoms with Gasteiger partial charge in [-0.15, -0.1) is 0 Å². The molecule has 0 N–H and O–H groups in total. The minimum absolute atomic E-state index is 0.642. The molecule has 1 heterocycles. The molecule has 1 unspecified atom stereocenters. The second kappa shape index (κ2) is 23.1. The first kappa shape index (κ1) is 30.4. The van der Waals surface area contributed by atoms with E-state index in [9.17, 15) is 0 Å². The maximum absolute atomic E-state index is 2.65. The molecular weight excluding hydrogens is 400 g/mol. The topological polar surface area (TPSA) is 6.48 Å². The van der Waals surface area contributed by atoms with Crippen molar-refractivity contribution in [2.24, 2.45) is 0 Å². The molecule has 0 fully saturated rings. The summed E-state index contributed by atoms with van der Waals surface area (Å²) < 4.78 is 0. The van der Waals surface area contributed by atoms with E-state index < -0.39 is 0 Å². The second-order valence-corrected chi connectivity index (χ2v) is 10.8. The van der Waals surface area contributed by atoms with Gasteiger partial charge in [0.05, 0.1) is 0 Å². The van der Waals surface area contributed by atoms with Crippen molar-refractivity contribution in [3.05, 3.63) is 12.4 Å². The maximum atomic E-state index is 2.65. The summed E-state index contributed by atoms with van der Waals surface area (Å²) in [6, 6.07) is 0. The van der Waals surface area contributed by atoms with Crippen LogP contribution in [0, 0.1) is 0 Å². The van der Waals surface area contributed by atoms with Crippen LogP contribution < -0.4 is 0 Å². The summed E-state index contributed by atoms with van der Waals surface area (Å²) in [5, 5.41) is 0. The van der Waals surface area contributed by atoms with Crippen LogP contribution in [0.2, 0.25) is 0 Å². The SMILES string of the molecule is CCCCCCCCCCCCCCCCCCN1C=CN(CCC)C1CCCCCCC. The van der Waals surface area contributed by atoms with Crippen molar-refractivity contribution in [2.45, 2.75) is 175 Å². The molecule has 0 spiro atoms. The van der Waals surface area contributed by atoms with Gasteiger partial charge in [-0.05, 0) is 25.7 Å². The van der Waals surface area contributed by atoms with Crippen molar-refractivity contribution in [3.8, 4) is 0 Å². The van der Waals surface area contributed by atoms with Crippen molar-refractivity contribution in [2.75, 3.05) is 13.1 Å². The highest BCUT2D eigenvalue weighted by Crippen LogP contribution is 2.23. The van der Waals surface area contributed by atoms with Crippen LogP contribution in [0.1, 0.15) is 168 Å². The average Bonchev–Trinajstić information content (AvgIpc) is 3.20. The lowest BCUT2D eigenvalue weighted by Gasteiger charge is -2.33. The molecule has 2 nitrogen and oxygen atoms in total. The van der Waals surface area contributed by atoms with Crippen LogP contribution in [0.3, 0.4) is 0 Å². The van der Waals surface area contributed by atoms with E-state index in [1.54, 1.807) is 0 Å². The summed E-state index contributed by atoms with van der Waals surface area (Å²) in [6.45, 7) is 9.40.